The van der Waals surface area contributed by atoms with Gasteiger partial charge < -0.3 is 0 Å². The molecule has 1 rings (SSSR count). The first-order valence-electron chi connectivity index (χ1n) is 11.9. The van der Waals surface area contributed by atoms with Crippen molar-refractivity contribution in [2.24, 2.45) is 11.3 Å². The average molecular weight is 479 g/mol. The van der Waals surface area contributed by atoms with Gasteiger partial charge in [0.05, 0.1) is 22.4 Å². The van der Waals surface area contributed by atoms with Gasteiger partial charge in [-0.1, -0.05) is 20.8 Å². The molecular formula is C25H50O8. The van der Waals surface area contributed by atoms with Crippen molar-refractivity contribution in [2.75, 3.05) is 0 Å². The molecule has 198 valence electrons. The van der Waals surface area contributed by atoms with Gasteiger partial charge in [-0.15, -0.1) is 0 Å². The van der Waals surface area contributed by atoms with Crippen LogP contribution in [0.5, 0.6) is 0 Å². The Morgan fingerprint density at radius 3 is 1.12 bits per heavy atom. The van der Waals surface area contributed by atoms with E-state index in [4.69, 9.17) is 39.1 Å². The maximum Gasteiger partial charge on any atom is 0.241 e. The third-order valence-corrected chi connectivity index (χ3v) is 4.64. The first kappa shape index (κ1) is 30.7. The summed E-state index contributed by atoms with van der Waals surface area (Å²) in [5.74, 6) is -2.77. The Hall–Kier alpha value is -0.320. The van der Waals surface area contributed by atoms with E-state index in [2.05, 4.69) is 0 Å². The van der Waals surface area contributed by atoms with Crippen LogP contribution in [-0.2, 0) is 39.1 Å². The first-order chi connectivity index (χ1) is 14.4. The smallest absolute Gasteiger partial charge is 0.228 e. The van der Waals surface area contributed by atoms with Crippen LogP contribution in [0.4, 0.5) is 0 Å². The fourth-order valence-corrected chi connectivity index (χ4v) is 3.46. The van der Waals surface area contributed by atoms with Crippen molar-refractivity contribution in [1.82, 2.24) is 0 Å². The van der Waals surface area contributed by atoms with Crippen LogP contribution in [-0.4, -0.2) is 34.0 Å². The van der Waals surface area contributed by atoms with Crippen LogP contribution in [0.3, 0.4) is 0 Å². The molecule has 0 aromatic carbocycles. The molecule has 33 heavy (non-hydrogen) atoms. The molecule has 0 aliphatic heterocycles. The molecule has 1 atom stereocenters. The molecule has 8 heteroatoms. The van der Waals surface area contributed by atoms with E-state index in [1.807, 2.05) is 104 Å². The van der Waals surface area contributed by atoms with Crippen molar-refractivity contribution in [3.63, 3.8) is 0 Å². The zero-order valence-electron chi connectivity index (χ0n) is 23.8. The third kappa shape index (κ3) is 9.68. The van der Waals surface area contributed by atoms with Gasteiger partial charge in [0, 0.05) is 24.2 Å². The Bertz CT molecular complexity index is 580. The summed E-state index contributed by atoms with van der Waals surface area (Å²) in [7, 11) is 0. The molecule has 1 saturated carbocycles. The lowest BCUT2D eigenvalue weighted by Gasteiger charge is -2.55. The third-order valence-electron chi connectivity index (χ3n) is 4.64. The Labute approximate surface area is 201 Å². The van der Waals surface area contributed by atoms with Crippen LogP contribution in [0.25, 0.3) is 0 Å². The van der Waals surface area contributed by atoms with Crippen molar-refractivity contribution in [3.8, 4) is 0 Å². The van der Waals surface area contributed by atoms with E-state index in [1.165, 1.54) is 0 Å². The van der Waals surface area contributed by atoms with E-state index in [1.54, 1.807) is 0 Å². The Morgan fingerprint density at radius 2 is 0.848 bits per heavy atom. The molecule has 0 bridgehead atoms. The van der Waals surface area contributed by atoms with Crippen molar-refractivity contribution in [3.05, 3.63) is 0 Å². The molecule has 0 spiro atoms. The van der Waals surface area contributed by atoms with E-state index < -0.39 is 39.4 Å². The molecule has 0 N–H and O–H groups in total. The summed E-state index contributed by atoms with van der Waals surface area (Å²) >= 11 is 0. The van der Waals surface area contributed by atoms with Gasteiger partial charge in [-0.25, -0.2) is 19.6 Å². The highest BCUT2D eigenvalue weighted by Crippen LogP contribution is 2.56. The Balaban J connectivity index is 3.38. The fraction of sp³-hybridized carbons (Fsp3) is 1.00. The molecule has 1 aliphatic carbocycles. The Kier molecular flexibility index (Phi) is 9.28. The standard InChI is InChI=1S/C25H50O8/c1-18-16-24(30-26-19(2,3)4,31-27-20(5,6)7)17-23(14,15)25(18,32-28-21(8,9)10)33-29-22(11,12)13/h18H,16-17H2,1-15H3. The minimum Gasteiger partial charge on any atom is -0.228 e. The highest BCUT2D eigenvalue weighted by atomic mass is 17.3. The largest absolute Gasteiger partial charge is 0.241 e. The SMILES string of the molecule is CC1CC(OOC(C)(C)C)(OOC(C)(C)C)CC(C)(C)C1(OOC(C)(C)C)OOC(C)(C)C. The second-order valence-electron chi connectivity index (χ2n) is 13.9. The highest BCUT2D eigenvalue weighted by molar-refractivity contribution is 5.00. The van der Waals surface area contributed by atoms with Gasteiger partial charge in [-0.2, -0.15) is 19.6 Å². The van der Waals surface area contributed by atoms with Gasteiger partial charge in [-0.3, -0.25) is 0 Å². The molecule has 0 radical (unpaired) electrons. The lowest BCUT2D eigenvalue weighted by Crippen LogP contribution is -2.64. The molecule has 0 aromatic rings. The predicted molar refractivity (Wildman–Crippen MR) is 125 cm³/mol. The molecule has 0 saturated heterocycles. The maximum atomic E-state index is 6.10. The van der Waals surface area contributed by atoms with Gasteiger partial charge in [0.25, 0.3) is 0 Å². The van der Waals surface area contributed by atoms with Crippen molar-refractivity contribution >= 4 is 0 Å². The first-order valence-corrected chi connectivity index (χ1v) is 11.9. The van der Waals surface area contributed by atoms with Crippen molar-refractivity contribution in [1.29, 1.82) is 0 Å². The summed E-state index contributed by atoms with van der Waals surface area (Å²) in [6.45, 7) is 28.9. The van der Waals surface area contributed by atoms with Crippen LogP contribution in [0.1, 0.15) is 117 Å². The number of hydrogen-bond donors (Lipinski definition) is 0. The summed E-state index contributed by atoms with van der Waals surface area (Å²) < 4.78 is 0. The van der Waals surface area contributed by atoms with Crippen molar-refractivity contribution in [2.45, 2.75) is 151 Å². The molecule has 0 amide bonds. The van der Waals surface area contributed by atoms with E-state index in [0.717, 1.165) is 0 Å². The summed E-state index contributed by atoms with van der Waals surface area (Å²) in [5.41, 5.74) is -2.92. The summed E-state index contributed by atoms with van der Waals surface area (Å²) in [4.78, 5) is 47.2. The summed E-state index contributed by atoms with van der Waals surface area (Å²) in [6, 6.07) is 0. The molecule has 1 fully saturated rings. The van der Waals surface area contributed by atoms with Crippen LogP contribution < -0.4 is 0 Å². The van der Waals surface area contributed by atoms with E-state index in [0.29, 0.717) is 12.8 Å². The zero-order chi connectivity index (χ0) is 26.1. The van der Waals surface area contributed by atoms with Gasteiger partial charge in [0.2, 0.25) is 11.6 Å². The fourth-order valence-electron chi connectivity index (χ4n) is 3.46. The zero-order valence-corrected chi connectivity index (χ0v) is 23.8. The monoisotopic (exact) mass is 478 g/mol. The van der Waals surface area contributed by atoms with Crippen molar-refractivity contribution < 1.29 is 39.1 Å². The Morgan fingerprint density at radius 1 is 0.545 bits per heavy atom. The van der Waals surface area contributed by atoms with Gasteiger partial charge >= 0.3 is 0 Å². The lowest BCUT2D eigenvalue weighted by atomic mass is 9.65. The summed E-state index contributed by atoms with van der Waals surface area (Å²) in [6.07, 6.45) is 0.654. The minimum atomic E-state index is -1.26. The second-order valence-corrected chi connectivity index (χ2v) is 13.9. The second kappa shape index (κ2) is 9.97. The number of rotatable bonds is 8. The van der Waals surface area contributed by atoms with Gasteiger partial charge in [-0.05, 0) is 83.1 Å². The molecule has 1 aliphatic rings. The van der Waals surface area contributed by atoms with Crippen LogP contribution in [0, 0.1) is 11.3 Å². The van der Waals surface area contributed by atoms with Crippen LogP contribution >= 0.6 is 0 Å². The minimum absolute atomic E-state index is 0.307. The lowest BCUT2D eigenvalue weighted by molar-refractivity contribution is -0.604. The molecule has 0 heterocycles. The van der Waals surface area contributed by atoms with Crippen LogP contribution in [0.2, 0.25) is 0 Å². The topological polar surface area (TPSA) is 73.8 Å². The van der Waals surface area contributed by atoms with Crippen LogP contribution in [0.15, 0.2) is 0 Å². The van der Waals surface area contributed by atoms with E-state index >= 15 is 0 Å². The maximum absolute atomic E-state index is 6.10. The normalized spacial score (nSPS) is 23.5. The average Bonchev–Trinajstić information content (AvgIpc) is 2.54. The van der Waals surface area contributed by atoms with E-state index in [-0.39, 0.29) is 5.92 Å². The molecular weight excluding hydrogens is 428 g/mol. The molecule has 0 aromatic heterocycles. The summed E-state index contributed by atoms with van der Waals surface area (Å²) in [5, 5.41) is 0. The number of hydrogen-bond acceptors (Lipinski definition) is 8. The quantitative estimate of drug-likeness (QED) is 0.214. The molecule has 1 unspecified atom stereocenters. The van der Waals surface area contributed by atoms with E-state index in [9.17, 15) is 0 Å². The predicted octanol–water partition coefficient (Wildman–Crippen LogP) is 6.82. The van der Waals surface area contributed by atoms with Gasteiger partial charge in [0.1, 0.15) is 0 Å². The van der Waals surface area contributed by atoms with Gasteiger partial charge in [0.15, 0.2) is 0 Å². The molecule has 8 nitrogen and oxygen atoms in total. The highest BCUT2D eigenvalue weighted by Gasteiger charge is 2.65.